The molecular formula is C16H15BrFN3OS. The van der Waals surface area contributed by atoms with Gasteiger partial charge in [-0.05, 0) is 24.3 Å². The van der Waals surface area contributed by atoms with Gasteiger partial charge in [0.25, 0.3) is 0 Å². The van der Waals surface area contributed by atoms with Crippen molar-refractivity contribution >= 4 is 44.4 Å². The molecule has 1 saturated heterocycles. The SMILES string of the molecule is O=C(/C=C/c1cc(Br)ccc1F)N1CCN(c2nccs2)CC1. The van der Waals surface area contributed by atoms with Crippen LogP contribution in [0, 0.1) is 5.82 Å². The number of anilines is 1. The molecule has 0 unspecified atom stereocenters. The van der Waals surface area contributed by atoms with Gasteiger partial charge in [-0.2, -0.15) is 0 Å². The number of aromatic nitrogens is 1. The van der Waals surface area contributed by atoms with Crippen LogP contribution in [0.25, 0.3) is 6.08 Å². The Bertz CT molecular complexity index is 712. The van der Waals surface area contributed by atoms with Crippen LogP contribution < -0.4 is 4.90 Å². The Kier molecular flexibility index (Phi) is 5.07. The monoisotopic (exact) mass is 395 g/mol. The standard InChI is InChI=1S/C16H15BrFN3OS/c17-13-2-3-14(18)12(11-13)1-4-15(22)20-6-8-21(9-7-20)16-19-5-10-23-16/h1-5,10-11H,6-9H2/b4-1+. The minimum atomic E-state index is -0.342. The van der Waals surface area contributed by atoms with E-state index in [2.05, 4.69) is 25.8 Å². The van der Waals surface area contributed by atoms with Gasteiger partial charge < -0.3 is 9.80 Å². The number of benzene rings is 1. The van der Waals surface area contributed by atoms with Crippen molar-refractivity contribution in [1.82, 2.24) is 9.88 Å². The van der Waals surface area contributed by atoms with Crippen LogP contribution in [0.1, 0.15) is 5.56 Å². The van der Waals surface area contributed by atoms with Gasteiger partial charge in [0.1, 0.15) is 5.82 Å². The normalized spacial score (nSPS) is 15.4. The van der Waals surface area contributed by atoms with Gasteiger partial charge in [0.05, 0.1) is 0 Å². The smallest absolute Gasteiger partial charge is 0.246 e. The molecule has 0 aliphatic carbocycles. The molecule has 1 aromatic heterocycles. The fourth-order valence-electron chi connectivity index (χ4n) is 2.40. The molecule has 4 nitrogen and oxygen atoms in total. The summed E-state index contributed by atoms with van der Waals surface area (Å²) in [6.07, 6.45) is 4.74. The average Bonchev–Trinajstić information content (AvgIpc) is 3.10. The van der Waals surface area contributed by atoms with Gasteiger partial charge in [0.15, 0.2) is 5.13 Å². The number of hydrogen-bond acceptors (Lipinski definition) is 4. The lowest BCUT2D eigenvalue weighted by Gasteiger charge is -2.34. The predicted octanol–water partition coefficient (Wildman–Crippen LogP) is 3.41. The lowest BCUT2D eigenvalue weighted by molar-refractivity contribution is -0.126. The molecule has 23 heavy (non-hydrogen) atoms. The van der Waals surface area contributed by atoms with E-state index in [1.54, 1.807) is 34.6 Å². The number of amides is 1. The number of rotatable bonds is 3. The van der Waals surface area contributed by atoms with Gasteiger partial charge in [-0.1, -0.05) is 15.9 Å². The van der Waals surface area contributed by atoms with Gasteiger partial charge >= 0.3 is 0 Å². The molecule has 1 aliphatic rings. The van der Waals surface area contributed by atoms with E-state index in [9.17, 15) is 9.18 Å². The molecule has 0 bridgehead atoms. The molecular weight excluding hydrogens is 381 g/mol. The van der Waals surface area contributed by atoms with Gasteiger partial charge in [0, 0.05) is 53.9 Å². The minimum Gasteiger partial charge on any atom is -0.345 e. The van der Waals surface area contributed by atoms with E-state index in [0.29, 0.717) is 18.7 Å². The molecule has 0 atom stereocenters. The summed E-state index contributed by atoms with van der Waals surface area (Å²) in [6.45, 7) is 2.81. The Balaban J connectivity index is 1.59. The first-order valence-electron chi connectivity index (χ1n) is 7.20. The number of carbonyl (C=O) groups is 1. The number of halogens is 2. The Morgan fingerprint density at radius 3 is 2.78 bits per heavy atom. The maximum atomic E-state index is 13.7. The summed E-state index contributed by atoms with van der Waals surface area (Å²) < 4.78 is 14.4. The number of piperazine rings is 1. The molecule has 1 aliphatic heterocycles. The first kappa shape index (κ1) is 16.1. The number of nitrogens with zero attached hydrogens (tertiary/aromatic N) is 3. The molecule has 0 radical (unpaired) electrons. The predicted molar refractivity (Wildman–Crippen MR) is 94.0 cm³/mol. The maximum absolute atomic E-state index is 13.7. The Morgan fingerprint density at radius 2 is 2.09 bits per heavy atom. The summed E-state index contributed by atoms with van der Waals surface area (Å²) in [7, 11) is 0. The van der Waals surface area contributed by atoms with Crippen molar-refractivity contribution in [1.29, 1.82) is 0 Å². The van der Waals surface area contributed by atoms with E-state index in [1.807, 2.05) is 5.38 Å². The van der Waals surface area contributed by atoms with E-state index < -0.39 is 0 Å². The van der Waals surface area contributed by atoms with Crippen LogP contribution in [-0.4, -0.2) is 42.0 Å². The first-order valence-corrected chi connectivity index (χ1v) is 8.87. The summed E-state index contributed by atoms with van der Waals surface area (Å²) >= 11 is 4.90. The highest BCUT2D eigenvalue weighted by Crippen LogP contribution is 2.19. The van der Waals surface area contributed by atoms with Crippen LogP contribution in [0.3, 0.4) is 0 Å². The molecule has 2 heterocycles. The zero-order chi connectivity index (χ0) is 16.2. The van der Waals surface area contributed by atoms with Crippen LogP contribution in [0.15, 0.2) is 40.3 Å². The van der Waals surface area contributed by atoms with Crippen LogP contribution in [-0.2, 0) is 4.79 Å². The highest BCUT2D eigenvalue weighted by molar-refractivity contribution is 9.10. The molecule has 0 N–H and O–H groups in total. The van der Waals surface area contributed by atoms with Crippen molar-refractivity contribution in [3.8, 4) is 0 Å². The third-order valence-corrected chi connectivity index (χ3v) is 4.97. The summed E-state index contributed by atoms with van der Waals surface area (Å²) in [5, 5.41) is 2.94. The topological polar surface area (TPSA) is 36.4 Å². The molecule has 1 amide bonds. The average molecular weight is 396 g/mol. The van der Waals surface area contributed by atoms with E-state index in [4.69, 9.17) is 0 Å². The molecule has 7 heteroatoms. The lowest BCUT2D eigenvalue weighted by Crippen LogP contribution is -2.48. The molecule has 1 fully saturated rings. The largest absolute Gasteiger partial charge is 0.345 e. The molecule has 0 saturated carbocycles. The Labute approximate surface area is 146 Å². The maximum Gasteiger partial charge on any atom is 0.246 e. The molecule has 2 aromatic rings. The van der Waals surface area contributed by atoms with Crippen molar-refractivity contribution in [2.24, 2.45) is 0 Å². The highest BCUT2D eigenvalue weighted by atomic mass is 79.9. The van der Waals surface area contributed by atoms with E-state index in [0.717, 1.165) is 22.7 Å². The zero-order valence-corrected chi connectivity index (χ0v) is 14.7. The number of thiazole rings is 1. The quantitative estimate of drug-likeness (QED) is 0.747. The molecule has 120 valence electrons. The van der Waals surface area contributed by atoms with Gasteiger partial charge in [0.2, 0.25) is 5.91 Å². The zero-order valence-electron chi connectivity index (χ0n) is 12.3. The van der Waals surface area contributed by atoms with Crippen molar-refractivity contribution in [3.05, 3.63) is 51.7 Å². The second-order valence-electron chi connectivity index (χ2n) is 5.13. The van der Waals surface area contributed by atoms with Crippen molar-refractivity contribution in [2.45, 2.75) is 0 Å². The molecule has 1 aromatic carbocycles. The molecule has 3 rings (SSSR count). The summed E-state index contributed by atoms with van der Waals surface area (Å²) in [6, 6.07) is 4.66. The summed E-state index contributed by atoms with van der Waals surface area (Å²) in [4.78, 5) is 20.5. The number of hydrogen-bond donors (Lipinski definition) is 0. The van der Waals surface area contributed by atoms with Gasteiger partial charge in [-0.15, -0.1) is 11.3 Å². The van der Waals surface area contributed by atoms with Crippen LogP contribution in [0.2, 0.25) is 0 Å². The lowest BCUT2D eigenvalue weighted by atomic mass is 10.2. The van der Waals surface area contributed by atoms with Crippen LogP contribution in [0.4, 0.5) is 9.52 Å². The van der Waals surface area contributed by atoms with Crippen LogP contribution in [0.5, 0.6) is 0 Å². The third kappa shape index (κ3) is 3.97. The molecule has 0 spiro atoms. The van der Waals surface area contributed by atoms with E-state index in [-0.39, 0.29) is 11.7 Å². The van der Waals surface area contributed by atoms with Crippen molar-refractivity contribution in [3.63, 3.8) is 0 Å². The summed E-state index contributed by atoms with van der Waals surface area (Å²) in [5.41, 5.74) is 0.397. The second-order valence-corrected chi connectivity index (χ2v) is 6.91. The fraction of sp³-hybridized carbons (Fsp3) is 0.250. The van der Waals surface area contributed by atoms with Crippen LogP contribution >= 0.6 is 27.3 Å². The highest BCUT2D eigenvalue weighted by Gasteiger charge is 2.20. The van der Waals surface area contributed by atoms with E-state index in [1.165, 1.54) is 18.2 Å². The third-order valence-electron chi connectivity index (χ3n) is 3.64. The fourth-order valence-corrected chi connectivity index (χ4v) is 3.47. The van der Waals surface area contributed by atoms with Crippen molar-refractivity contribution < 1.29 is 9.18 Å². The Morgan fingerprint density at radius 1 is 1.30 bits per heavy atom. The van der Waals surface area contributed by atoms with Crippen molar-refractivity contribution in [2.75, 3.05) is 31.1 Å². The van der Waals surface area contributed by atoms with E-state index >= 15 is 0 Å². The second kappa shape index (κ2) is 7.23. The van der Waals surface area contributed by atoms with Gasteiger partial charge in [-0.25, -0.2) is 9.37 Å². The number of carbonyl (C=O) groups excluding carboxylic acids is 1. The van der Waals surface area contributed by atoms with Gasteiger partial charge in [-0.3, -0.25) is 4.79 Å². The first-order chi connectivity index (χ1) is 11.1. The summed E-state index contributed by atoms with van der Waals surface area (Å²) in [5.74, 6) is -0.436. The minimum absolute atomic E-state index is 0.0943. The Hall–Kier alpha value is -1.73.